The van der Waals surface area contributed by atoms with Crippen LogP contribution in [0.5, 0.6) is 0 Å². The van der Waals surface area contributed by atoms with Gasteiger partial charge in [0.25, 0.3) is 0 Å². The van der Waals surface area contributed by atoms with Crippen LogP contribution in [0.4, 0.5) is 0 Å². The lowest BCUT2D eigenvalue weighted by atomic mass is 10.0. The van der Waals surface area contributed by atoms with Crippen LogP contribution in [0.3, 0.4) is 0 Å². The molecule has 0 bridgehead atoms. The van der Waals surface area contributed by atoms with Crippen LogP contribution in [0.25, 0.3) is 5.65 Å². The topological polar surface area (TPSA) is 63.8 Å². The maximum Gasteiger partial charge on any atom is 0.356 e. The van der Waals surface area contributed by atoms with Gasteiger partial charge in [-0.2, -0.15) is 0 Å². The lowest BCUT2D eigenvalue weighted by Gasteiger charge is -2.17. The summed E-state index contributed by atoms with van der Waals surface area (Å²) in [5.74, 6) is -0.419. The summed E-state index contributed by atoms with van der Waals surface area (Å²) in [6, 6.07) is 3.55. The number of hydrogen-bond donors (Lipinski definition) is 1. The van der Waals surface area contributed by atoms with Crippen LogP contribution in [0.2, 0.25) is 0 Å². The molecule has 2 aromatic rings. The van der Waals surface area contributed by atoms with Crippen LogP contribution in [-0.4, -0.2) is 27.1 Å². The Morgan fingerprint density at radius 2 is 2.22 bits per heavy atom. The van der Waals surface area contributed by atoms with Gasteiger partial charge < -0.3 is 9.84 Å². The number of ether oxygens (including phenoxy) is 1. The van der Waals surface area contributed by atoms with Crippen LogP contribution in [0, 0.1) is 0 Å². The highest BCUT2D eigenvalue weighted by atomic mass is 16.5. The highest BCUT2D eigenvalue weighted by Gasteiger charge is 2.19. The van der Waals surface area contributed by atoms with Crippen LogP contribution in [-0.2, 0) is 10.3 Å². The molecular formula is C13H16N2O3. The van der Waals surface area contributed by atoms with Gasteiger partial charge in [0.05, 0.1) is 18.4 Å². The zero-order chi connectivity index (χ0) is 13.3. The number of aromatic nitrogens is 2. The molecule has 0 saturated carbocycles. The van der Waals surface area contributed by atoms with E-state index in [1.807, 2.05) is 0 Å². The number of aliphatic hydroxyl groups is 1. The molecule has 0 aliphatic carbocycles. The van der Waals surface area contributed by atoms with Crippen LogP contribution in [0.15, 0.2) is 24.5 Å². The molecule has 0 radical (unpaired) electrons. The highest BCUT2D eigenvalue weighted by molar-refractivity contribution is 5.88. The third-order valence-corrected chi connectivity index (χ3v) is 2.70. The van der Waals surface area contributed by atoms with Gasteiger partial charge in [-0.15, -0.1) is 0 Å². The van der Waals surface area contributed by atoms with Gasteiger partial charge in [0.15, 0.2) is 5.69 Å². The van der Waals surface area contributed by atoms with E-state index in [0.29, 0.717) is 23.5 Å². The van der Waals surface area contributed by atoms with E-state index in [4.69, 9.17) is 4.74 Å². The van der Waals surface area contributed by atoms with Crippen molar-refractivity contribution in [3.8, 4) is 0 Å². The summed E-state index contributed by atoms with van der Waals surface area (Å²) >= 11 is 0. The molecule has 1 N–H and O–H groups in total. The van der Waals surface area contributed by atoms with E-state index < -0.39 is 11.6 Å². The summed E-state index contributed by atoms with van der Waals surface area (Å²) in [5.41, 5.74) is 0.743. The second-order valence-electron chi connectivity index (χ2n) is 4.57. The van der Waals surface area contributed by atoms with Gasteiger partial charge in [-0.25, -0.2) is 9.78 Å². The molecule has 5 nitrogen and oxygen atoms in total. The molecule has 2 aromatic heterocycles. The fourth-order valence-electron chi connectivity index (χ4n) is 1.70. The van der Waals surface area contributed by atoms with Crippen molar-refractivity contribution in [2.45, 2.75) is 26.4 Å². The fourth-order valence-corrected chi connectivity index (χ4v) is 1.70. The van der Waals surface area contributed by atoms with Gasteiger partial charge in [-0.1, -0.05) is 6.07 Å². The minimum absolute atomic E-state index is 0.317. The van der Waals surface area contributed by atoms with Crippen molar-refractivity contribution in [3.05, 3.63) is 35.8 Å². The maximum atomic E-state index is 11.7. The number of rotatable bonds is 3. The van der Waals surface area contributed by atoms with Crippen LogP contribution in [0.1, 0.15) is 36.8 Å². The Balaban J connectivity index is 2.53. The van der Waals surface area contributed by atoms with Crippen LogP contribution < -0.4 is 0 Å². The molecule has 0 atom stereocenters. The molecule has 0 aliphatic rings. The van der Waals surface area contributed by atoms with Crippen molar-refractivity contribution >= 4 is 11.6 Å². The molecule has 0 aliphatic heterocycles. The van der Waals surface area contributed by atoms with Crippen molar-refractivity contribution in [2.75, 3.05) is 6.61 Å². The predicted octanol–water partition coefficient (Wildman–Crippen LogP) is 1.74. The molecule has 0 unspecified atom stereocenters. The third-order valence-electron chi connectivity index (χ3n) is 2.70. The smallest absolute Gasteiger partial charge is 0.356 e. The zero-order valence-corrected chi connectivity index (χ0v) is 10.7. The first-order valence-corrected chi connectivity index (χ1v) is 5.80. The molecule has 0 amide bonds. The van der Waals surface area contributed by atoms with Gasteiger partial charge >= 0.3 is 5.97 Å². The summed E-state index contributed by atoms with van der Waals surface area (Å²) in [7, 11) is 0. The number of fused-ring (bicyclic) bond motifs is 1. The molecule has 0 spiro atoms. The highest BCUT2D eigenvalue weighted by Crippen LogP contribution is 2.20. The Hall–Kier alpha value is -1.88. The lowest BCUT2D eigenvalue weighted by Crippen LogP contribution is -2.17. The van der Waals surface area contributed by atoms with Crippen molar-refractivity contribution in [2.24, 2.45) is 0 Å². The molecule has 18 heavy (non-hydrogen) atoms. The van der Waals surface area contributed by atoms with Crippen molar-refractivity contribution in [1.82, 2.24) is 9.38 Å². The lowest BCUT2D eigenvalue weighted by molar-refractivity contribution is 0.0516. The number of carbonyl (C=O) groups excluding carboxylic acids is 1. The molecular weight excluding hydrogens is 232 g/mol. The van der Waals surface area contributed by atoms with Gasteiger partial charge in [0, 0.05) is 6.20 Å². The zero-order valence-electron chi connectivity index (χ0n) is 10.7. The van der Waals surface area contributed by atoms with Crippen molar-refractivity contribution in [1.29, 1.82) is 0 Å². The average Bonchev–Trinajstić information content (AvgIpc) is 2.70. The number of esters is 1. The molecule has 2 rings (SSSR count). The second-order valence-corrected chi connectivity index (χ2v) is 4.57. The number of imidazole rings is 1. The van der Waals surface area contributed by atoms with E-state index in [0.717, 1.165) is 0 Å². The summed E-state index contributed by atoms with van der Waals surface area (Å²) in [6.07, 6.45) is 3.18. The molecule has 5 heteroatoms. The number of nitrogens with zero attached hydrogens (tertiary/aromatic N) is 2. The summed E-state index contributed by atoms with van der Waals surface area (Å²) in [6.45, 7) is 5.45. The summed E-state index contributed by atoms with van der Waals surface area (Å²) < 4.78 is 6.59. The Bertz CT molecular complexity index is 581. The second kappa shape index (κ2) is 4.42. The van der Waals surface area contributed by atoms with Gasteiger partial charge in [-0.3, -0.25) is 4.40 Å². The third kappa shape index (κ3) is 2.22. The van der Waals surface area contributed by atoms with Gasteiger partial charge in [-0.05, 0) is 32.4 Å². The SMILES string of the molecule is CCOC(=O)c1cnc2ccc(C(C)(C)O)cn12. The number of pyridine rings is 1. The van der Waals surface area contributed by atoms with Crippen molar-refractivity contribution in [3.63, 3.8) is 0 Å². The Morgan fingerprint density at radius 3 is 2.83 bits per heavy atom. The Kier molecular flexibility index (Phi) is 3.09. The minimum atomic E-state index is -0.968. The van der Waals surface area contributed by atoms with E-state index in [1.165, 1.54) is 6.20 Å². The van der Waals surface area contributed by atoms with E-state index in [9.17, 15) is 9.90 Å². The first-order chi connectivity index (χ1) is 8.43. The Labute approximate surface area is 105 Å². The standard InChI is InChI=1S/C13H16N2O3/c1-4-18-12(16)10-7-14-11-6-5-9(8-15(10)11)13(2,3)17/h5-8,17H,4H2,1-3H3. The summed E-state index contributed by atoms with van der Waals surface area (Å²) in [5, 5.41) is 9.97. The van der Waals surface area contributed by atoms with Gasteiger partial charge in [0.1, 0.15) is 5.65 Å². The fraction of sp³-hybridized carbons (Fsp3) is 0.385. The molecule has 96 valence electrons. The Morgan fingerprint density at radius 1 is 1.50 bits per heavy atom. The largest absolute Gasteiger partial charge is 0.461 e. The maximum absolute atomic E-state index is 11.7. The molecule has 2 heterocycles. The quantitative estimate of drug-likeness (QED) is 0.840. The van der Waals surface area contributed by atoms with Crippen LogP contribution >= 0.6 is 0 Å². The number of carbonyl (C=O) groups is 1. The normalized spacial score (nSPS) is 11.8. The average molecular weight is 248 g/mol. The molecule has 0 aromatic carbocycles. The molecule has 0 saturated heterocycles. The minimum Gasteiger partial charge on any atom is -0.461 e. The predicted molar refractivity (Wildman–Crippen MR) is 66.4 cm³/mol. The first-order valence-electron chi connectivity index (χ1n) is 5.80. The number of hydrogen-bond acceptors (Lipinski definition) is 4. The van der Waals surface area contributed by atoms with E-state index in [-0.39, 0.29) is 0 Å². The monoisotopic (exact) mass is 248 g/mol. The van der Waals surface area contributed by atoms with E-state index in [1.54, 1.807) is 43.5 Å². The summed E-state index contributed by atoms with van der Waals surface area (Å²) in [4.78, 5) is 15.9. The van der Waals surface area contributed by atoms with E-state index in [2.05, 4.69) is 4.98 Å². The molecule has 0 fully saturated rings. The first kappa shape index (κ1) is 12.6. The van der Waals surface area contributed by atoms with E-state index >= 15 is 0 Å². The van der Waals surface area contributed by atoms with Gasteiger partial charge in [0.2, 0.25) is 0 Å². The van der Waals surface area contributed by atoms with Crippen molar-refractivity contribution < 1.29 is 14.6 Å².